The van der Waals surface area contributed by atoms with Crippen molar-refractivity contribution in [1.82, 2.24) is 25.0 Å². The number of carbonyl (C=O) groups excluding carboxylic acids is 1. The molecule has 0 saturated heterocycles. The van der Waals surface area contributed by atoms with Crippen molar-refractivity contribution in [2.45, 2.75) is 19.5 Å². The number of hydrogen-bond donors (Lipinski definition) is 1. The number of rotatable bonds is 7. The molecule has 0 fully saturated rings. The van der Waals surface area contributed by atoms with E-state index in [1.54, 1.807) is 13.4 Å². The van der Waals surface area contributed by atoms with Gasteiger partial charge in [0.2, 0.25) is 5.91 Å². The third kappa shape index (κ3) is 4.42. The van der Waals surface area contributed by atoms with E-state index >= 15 is 0 Å². The molecule has 1 atom stereocenters. The summed E-state index contributed by atoms with van der Waals surface area (Å²) in [6.45, 7) is 3.51. The molecule has 7 heteroatoms. The van der Waals surface area contributed by atoms with E-state index in [1.165, 1.54) is 0 Å². The Bertz CT molecular complexity index is 377. The largest absolute Gasteiger partial charge is 0.383 e. The van der Waals surface area contributed by atoms with E-state index in [9.17, 15) is 4.79 Å². The zero-order valence-corrected chi connectivity index (χ0v) is 11.4. The van der Waals surface area contributed by atoms with Gasteiger partial charge in [0, 0.05) is 13.7 Å². The second-order valence-corrected chi connectivity index (χ2v) is 4.40. The summed E-state index contributed by atoms with van der Waals surface area (Å²) in [5.74, 6) is 0.702. The number of carbonyl (C=O) groups is 1. The lowest BCUT2D eigenvalue weighted by atomic mass is 10.3. The molecule has 1 unspecified atom stereocenters. The molecule has 0 bridgehead atoms. The number of aromatic nitrogens is 3. The first-order chi connectivity index (χ1) is 8.54. The van der Waals surface area contributed by atoms with Gasteiger partial charge in [-0.2, -0.15) is 0 Å². The Morgan fingerprint density at radius 3 is 2.94 bits per heavy atom. The fraction of sp³-hybridized carbons (Fsp3) is 0.727. The van der Waals surface area contributed by atoms with Crippen LogP contribution in [0.15, 0.2) is 6.33 Å². The minimum Gasteiger partial charge on any atom is -0.383 e. The number of amides is 1. The van der Waals surface area contributed by atoms with E-state index in [2.05, 4.69) is 15.5 Å². The summed E-state index contributed by atoms with van der Waals surface area (Å²) in [6.07, 6.45) is 1.64. The molecule has 1 amide bonds. The van der Waals surface area contributed by atoms with Crippen molar-refractivity contribution in [3.8, 4) is 0 Å². The summed E-state index contributed by atoms with van der Waals surface area (Å²) < 4.78 is 6.89. The summed E-state index contributed by atoms with van der Waals surface area (Å²) in [4.78, 5) is 13.5. The van der Waals surface area contributed by atoms with Gasteiger partial charge in [0.15, 0.2) is 5.82 Å². The molecule has 0 aliphatic carbocycles. The van der Waals surface area contributed by atoms with Crippen LogP contribution in [0.25, 0.3) is 0 Å². The van der Waals surface area contributed by atoms with Crippen molar-refractivity contribution >= 4 is 5.91 Å². The van der Waals surface area contributed by atoms with Crippen molar-refractivity contribution in [3.05, 3.63) is 12.2 Å². The fourth-order valence-corrected chi connectivity index (χ4v) is 1.60. The van der Waals surface area contributed by atoms with E-state index < -0.39 is 0 Å². The number of nitrogens with one attached hydrogen (secondary N) is 1. The van der Waals surface area contributed by atoms with Gasteiger partial charge in [-0.25, -0.2) is 0 Å². The molecule has 18 heavy (non-hydrogen) atoms. The Morgan fingerprint density at radius 1 is 1.61 bits per heavy atom. The Kier molecular flexibility index (Phi) is 5.73. The maximum Gasteiger partial charge on any atom is 0.234 e. The highest BCUT2D eigenvalue weighted by Crippen LogP contribution is 2.08. The van der Waals surface area contributed by atoms with Crippen molar-refractivity contribution in [2.75, 3.05) is 34.4 Å². The molecule has 0 spiro atoms. The van der Waals surface area contributed by atoms with E-state index in [4.69, 9.17) is 4.74 Å². The lowest BCUT2D eigenvalue weighted by molar-refractivity contribution is -0.122. The highest BCUT2D eigenvalue weighted by atomic mass is 16.5. The van der Waals surface area contributed by atoms with E-state index in [0.717, 1.165) is 5.82 Å². The third-order valence-electron chi connectivity index (χ3n) is 2.41. The Labute approximate surface area is 107 Å². The smallest absolute Gasteiger partial charge is 0.234 e. The Morgan fingerprint density at radius 2 is 2.33 bits per heavy atom. The Hall–Kier alpha value is -1.47. The van der Waals surface area contributed by atoms with Crippen LogP contribution in [0.1, 0.15) is 18.8 Å². The van der Waals surface area contributed by atoms with Crippen LogP contribution in [0.3, 0.4) is 0 Å². The number of likely N-dealkylation sites (N-methyl/N-ethyl adjacent to an activating group) is 1. The van der Waals surface area contributed by atoms with Crippen LogP contribution >= 0.6 is 0 Å². The van der Waals surface area contributed by atoms with Crippen LogP contribution in [-0.2, 0) is 16.1 Å². The molecule has 0 radical (unpaired) electrons. The molecule has 0 saturated carbocycles. The topological polar surface area (TPSA) is 72.3 Å². The molecule has 0 aromatic carbocycles. The molecule has 1 heterocycles. The lowest BCUT2D eigenvalue weighted by Crippen LogP contribution is -2.35. The van der Waals surface area contributed by atoms with Gasteiger partial charge >= 0.3 is 0 Å². The van der Waals surface area contributed by atoms with Crippen molar-refractivity contribution in [2.24, 2.45) is 0 Å². The normalized spacial score (nSPS) is 12.7. The van der Waals surface area contributed by atoms with Gasteiger partial charge in [0.05, 0.1) is 19.2 Å². The molecular weight excluding hydrogens is 234 g/mol. The molecule has 1 aromatic rings. The molecular formula is C11H21N5O2. The quantitative estimate of drug-likeness (QED) is 0.722. The maximum absolute atomic E-state index is 11.6. The van der Waals surface area contributed by atoms with Gasteiger partial charge in [-0.15, -0.1) is 10.2 Å². The van der Waals surface area contributed by atoms with Crippen LogP contribution in [0.5, 0.6) is 0 Å². The second-order valence-electron chi connectivity index (χ2n) is 4.40. The van der Waals surface area contributed by atoms with Crippen molar-refractivity contribution in [3.63, 3.8) is 0 Å². The average molecular weight is 255 g/mol. The summed E-state index contributed by atoms with van der Waals surface area (Å²) in [7, 11) is 5.35. The van der Waals surface area contributed by atoms with Crippen LogP contribution in [-0.4, -0.2) is 59.9 Å². The monoisotopic (exact) mass is 255 g/mol. The van der Waals surface area contributed by atoms with E-state index in [1.807, 2.05) is 30.5 Å². The summed E-state index contributed by atoms with van der Waals surface area (Å²) in [6, 6.07) is -0.170. The highest BCUT2D eigenvalue weighted by Gasteiger charge is 2.15. The average Bonchev–Trinajstić information content (AvgIpc) is 2.72. The number of ether oxygens (including phenoxy) is 1. The molecule has 0 aliphatic rings. The van der Waals surface area contributed by atoms with E-state index in [0.29, 0.717) is 19.7 Å². The summed E-state index contributed by atoms with van der Waals surface area (Å²) >= 11 is 0. The first kappa shape index (κ1) is 14.6. The first-order valence-electron chi connectivity index (χ1n) is 5.85. The maximum atomic E-state index is 11.6. The minimum absolute atomic E-state index is 0.0335. The van der Waals surface area contributed by atoms with Gasteiger partial charge < -0.3 is 19.5 Å². The van der Waals surface area contributed by atoms with Crippen LogP contribution < -0.4 is 5.32 Å². The summed E-state index contributed by atoms with van der Waals surface area (Å²) in [5.41, 5.74) is 0. The molecule has 1 aromatic heterocycles. The number of hydrogen-bond acceptors (Lipinski definition) is 5. The van der Waals surface area contributed by atoms with Crippen LogP contribution in [0, 0.1) is 0 Å². The standard InChI is InChI=1S/C11H21N5O2/c1-9(13-10(17)7-15(2)3)11-14-12-8-16(11)5-6-18-4/h8-9H,5-7H2,1-4H3,(H,13,17). The van der Waals surface area contributed by atoms with Gasteiger partial charge in [0.1, 0.15) is 6.33 Å². The molecule has 1 N–H and O–H groups in total. The predicted octanol–water partition coefficient (Wildman–Crippen LogP) is -0.337. The van der Waals surface area contributed by atoms with Crippen molar-refractivity contribution in [1.29, 1.82) is 0 Å². The molecule has 7 nitrogen and oxygen atoms in total. The first-order valence-corrected chi connectivity index (χ1v) is 5.85. The van der Waals surface area contributed by atoms with Crippen LogP contribution in [0.4, 0.5) is 0 Å². The highest BCUT2D eigenvalue weighted by molar-refractivity contribution is 5.78. The fourth-order valence-electron chi connectivity index (χ4n) is 1.60. The van der Waals surface area contributed by atoms with Gasteiger partial charge in [0.25, 0.3) is 0 Å². The Balaban J connectivity index is 2.58. The molecule has 1 rings (SSSR count). The third-order valence-corrected chi connectivity index (χ3v) is 2.41. The zero-order valence-electron chi connectivity index (χ0n) is 11.4. The molecule has 0 aliphatic heterocycles. The van der Waals surface area contributed by atoms with Gasteiger partial charge in [-0.3, -0.25) is 4.79 Å². The van der Waals surface area contributed by atoms with E-state index in [-0.39, 0.29) is 11.9 Å². The lowest BCUT2D eigenvalue weighted by Gasteiger charge is -2.16. The van der Waals surface area contributed by atoms with Crippen molar-refractivity contribution < 1.29 is 9.53 Å². The minimum atomic E-state index is -0.170. The summed E-state index contributed by atoms with van der Waals surface area (Å²) in [5, 5.41) is 10.8. The van der Waals surface area contributed by atoms with Gasteiger partial charge in [-0.1, -0.05) is 0 Å². The predicted molar refractivity (Wildman–Crippen MR) is 67.0 cm³/mol. The van der Waals surface area contributed by atoms with Crippen LogP contribution in [0.2, 0.25) is 0 Å². The number of methoxy groups -OCH3 is 1. The SMILES string of the molecule is COCCn1cnnc1C(C)NC(=O)CN(C)C. The second kappa shape index (κ2) is 7.07. The zero-order chi connectivity index (χ0) is 13.5. The van der Waals surface area contributed by atoms with Gasteiger partial charge in [-0.05, 0) is 21.0 Å². The number of nitrogens with zero attached hydrogens (tertiary/aromatic N) is 4. The molecule has 102 valence electrons.